The normalized spacial score (nSPS) is 13.0. The van der Waals surface area contributed by atoms with Crippen LogP contribution in [-0.4, -0.2) is 29.5 Å². The van der Waals surface area contributed by atoms with Gasteiger partial charge in [-0.1, -0.05) is 6.92 Å². The molecule has 4 heterocycles. The van der Waals surface area contributed by atoms with Crippen LogP contribution >= 0.6 is 0 Å². The van der Waals surface area contributed by atoms with E-state index < -0.39 is 10.8 Å². The topological polar surface area (TPSA) is 73.3 Å². The van der Waals surface area contributed by atoms with Crippen molar-refractivity contribution in [2.24, 2.45) is 0 Å². The first-order valence-corrected chi connectivity index (χ1v) is 10.3. The van der Waals surface area contributed by atoms with Crippen molar-refractivity contribution in [3.8, 4) is 11.6 Å². The second-order valence-electron chi connectivity index (χ2n) is 6.85. The molecule has 0 aromatic carbocycles. The molecule has 4 rings (SSSR count). The van der Waals surface area contributed by atoms with Crippen molar-refractivity contribution in [3.05, 3.63) is 40.3 Å². The van der Waals surface area contributed by atoms with Crippen molar-refractivity contribution in [1.82, 2.24) is 19.6 Å². The Morgan fingerprint density at radius 2 is 1.85 bits per heavy atom. The molecular formula is C20H22N4O2S. The van der Waals surface area contributed by atoms with Crippen LogP contribution in [0.4, 0.5) is 0 Å². The Bertz CT molecular complexity index is 1240. The van der Waals surface area contributed by atoms with E-state index in [4.69, 9.17) is 9.52 Å². The van der Waals surface area contributed by atoms with Crippen LogP contribution in [0.2, 0.25) is 0 Å². The van der Waals surface area contributed by atoms with Crippen LogP contribution in [0.1, 0.15) is 35.0 Å². The monoisotopic (exact) mass is 382 g/mol. The summed E-state index contributed by atoms with van der Waals surface area (Å²) in [6.45, 7) is 12.1. The minimum atomic E-state index is -1.20. The van der Waals surface area contributed by atoms with Crippen molar-refractivity contribution in [2.75, 3.05) is 5.75 Å². The Hall–Kier alpha value is -2.54. The van der Waals surface area contributed by atoms with Gasteiger partial charge in [0.25, 0.3) is 0 Å². The molecular weight excluding hydrogens is 360 g/mol. The highest BCUT2D eigenvalue weighted by Gasteiger charge is 2.26. The average molecular weight is 382 g/mol. The molecule has 0 saturated carbocycles. The van der Waals surface area contributed by atoms with E-state index in [9.17, 15) is 4.21 Å². The molecule has 1 unspecified atom stereocenters. The van der Waals surface area contributed by atoms with Gasteiger partial charge in [0.05, 0.1) is 27.4 Å². The summed E-state index contributed by atoms with van der Waals surface area (Å²) in [4.78, 5) is 9.56. The van der Waals surface area contributed by atoms with Crippen LogP contribution in [0.25, 0.3) is 28.2 Å². The zero-order valence-corrected chi connectivity index (χ0v) is 17.2. The van der Waals surface area contributed by atoms with E-state index in [1.54, 1.807) is 6.20 Å². The summed E-state index contributed by atoms with van der Waals surface area (Å²) in [5, 5.41) is 4.78. The number of fused-ring (bicyclic) bond motifs is 2. The van der Waals surface area contributed by atoms with Gasteiger partial charge in [-0.25, -0.2) is 9.50 Å². The molecule has 4 aromatic heterocycles. The molecule has 27 heavy (non-hydrogen) atoms. The Kier molecular flexibility index (Phi) is 4.14. The Morgan fingerprint density at radius 1 is 1.11 bits per heavy atom. The van der Waals surface area contributed by atoms with E-state index in [1.165, 1.54) is 11.1 Å². The lowest BCUT2D eigenvalue weighted by molar-refractivity contribution is 0.611. The van der Waals surface area contributed by atoms with Gasteiger partial charge in [-0.05, 0) is 57.4 Å². The molecule has 4 aromatic rings. The van der Waals surface area contributed by atoms with Crippen molar-refractivity contribution in [1.29, 1.82) is 0 Å². The zero-order chi connectivity index (χ0) is 19.5. The molecule has 140 valence electrons. The fourth-order valence-corrected chi connectivity index (χ4v) is 4.49. The van der Waals surface area contributed by atoms with E-state index in [0.717, 1.165) is 28.0 Å². The third-order valence-corrected chi connectivity index (χ3v) is 6.65. The molecule has 6 nitrogen and oxygen atoms in total. The van der Waals surface area contributed by atoms with Crippen LogP contribution in [-0.2, 0) is 10.8 Å². The van der Waals surface area contributed by atoms with Crippen molar-refractivity contribution in [3.63, 3.8) is 0 Å². The molecule has 0 bridgehead atoms. The molecule has 0 fully saturated rings. The highest BCUT2D eigenvalue weighted by Crippen LogP contribution is 2.35. The van der Waals surface area contributed by atoms with Gasteiger partial charge in [0.2, 0.25) is 5.89 Å². The summed E-state index contributed by atoms with van der Waals surface area (Å²) in [6, 6.07) is 1.87. The van der Waals surface area contributed by atoms with Crippen LogP contribution in [0.5, 0.6) is 0 Å². The largest absolute Gasteiger partial charge is 0.433 e. The Labute approximate surface area is 160 Å². The first kappa shape index (κ1) is 17.9. The first-order chi connectivity index (χ1) is 12.8. The third-order valence-electron chi connectivity index (χ3n) is 5.29. The van der Waals surface area contributed by atoms with Gasteiger partial charge in [0.15, 0.2) is 11.3 Å². The van der Waals surface area contributed by atoms with Crippen molar-refractivity contribution in [2.45, 2.75) is 46.4 Å². The van der Waals surface area contributed by atoms with Gasteiger partial charge in [-0.3, -0.25) is 9.19 Å². The molecule has 0 saturated heterocycles. The number of aryl methyl sites for hydroxylation is 3. The summed E-state index contributed by atoms with van der Waals surface area (Å²) in [5.74, 6) is 0.882. The number of pyridine rings is 2. The van der Waals surface area contributed by atoms with Crippen molar-refractivity contribution >= 4 is 27.4 Å². The standard InChI is InChI=1S/C20H22N4O2S/c1-7-27(25)19-17(20-22-15-8-10(2)21-9-16(15)26-20)23-24-14(6)12(4)11(3)13(5)18(19)24/h8-9H,7H2,1-6H3. The fourth-order valence-electron chi connectivity index (χ4n) is 3.40. The maximum Gasteiger partial charge on any atom is 0.249 e. The molecule has 0 aliphatic rings. The molecule has 0 aliphatic heterocycles. The molecule has 0 aliphatic carbocycles. The van der Waals surface area contributed by atoms with Crippen LogP contribution < -0.4 is 0 Å². The lowest BCUT2D eigenvalue weighted by Gasteiger charge is -2.12. The molecule has 7 heteroatoms. The summed E-state index contributed by atoms with van der Waals surface area (Å²) >= 11 is 0. The number of oxazole rings is 1. The second kappa shape index (κ2) is 6.27. The summed E-state index contributed by atoms with van der Waals surface area (Å²) in [7, 11) is -1.20. The van der Waals surface area contributed by atoms with E-state index in [2.05, 4.69) is 30.7 Å². The van der Waals surface area contributed by atoms with Gasteiger partial charge in [0.1, 0.15) is 5.52 Å². The first-order valence-electron chi connectivity index (χ1n) is 8.94. The lowest BCUT2D eigenvalue weighted by Crippen LogP contribution is -2.03. The minimum Gasteiger partial charge on any atom is -0.433 e. The van der Waals surface area contributed by atoms with E-state index >= 15 is 0 Å². The predicted octanol–water partition coefficient (Wildman–Crippen LogP) is 4.21. The quantitative estimate of drug-likeness (QED) is 0.531. The van der Waals surface area contributed by atoms with Gasteiger partial charge in [-0.15, -0.1) is 0 Å². The molecule has 0 radical (unpaired) electrons. The molecule has 0 N–H and O–H groups in total. The molecule has 0 spiro atoms. The van der Waals surface area contributed by atoms with E-state index in [-0.39, 0.29) is 0 Å². The number of nitrogens with zero attached hydrogens (tertiary/aromatic N) is 4. The number of rotatable bonds is 3. The second-order valence-corrected chi connectivity index (χ2v) is 8.52. The fraction of sp³-hybridized carbons (Fsp3) is 0.350. The minimum absolute atomic E-state index is 0.381. The van der Waals surface area contributed by atoms with Crippen LogP contribution in [0.15, 0.2) is 21.6 Å². The summed E-state index contributed by atoms with van der Waals surface area (Å²) in [5.41, 5.74) is 8.11. The molecule has 1 atom stereocenters. The average Bonchev–Trinajstić information content (AvgIpc) is 3.25. The van der Waals surface area contributed by atoms with E-state index in [0.29, 0.717) is 27.8 Å². The highest BCUT2D eigenvalue weighted by atomic mass is 32.2. The van der Waals surface area contributed by atoms with Gasteiger partial charge < -0.3 is 4.42 Å². The predicted molar refractivity (Wildman–Crippen MR) is 107 cm³/mol. The number of aromatic nitrogens is 4. The van der Waals surface area contributed by atoms with E-state index in [1.807, 2.05) is 31.4 Å². The Morgan fingerprint density at radius 3 is 2.56 bits per heavy atom. The summed E-state index contributed by atoms with van der Waals surface area (Å²) < 4.78 is 20.8. The Balaban J connectivity index is 2.11. The van der Waals surface area contributed by atoms with Crippen molar-refractivity contribution < 1.29 is 8.63 Å². The smallest absolute Gasteiger partial charge is 0.249 e. The van der Waals surface area contributed by atoms with Crippen LogP contribution in [0, 0.1) is 34.6 Å². The maximum absolute atomic E-state index is 13.0. The number of hydrogen-bond acceptors (Lipinski definition) is 5. The van der Waals surface area contributed by atoms with Crippen LogP contribution in [0.3, 0.4) is 0 Å². The third kappa shape index (κ3) is 2.60. The summed E-state index contributed by atoms with van der Waals surface area (Å²) in [6.07, 6.45) is 1.66. The van der Waals surface area contributed by atoms with Gasteiger partial charge in [0, 0.05) is 17.1 Å². The van der Waals surface area contributed by atoms with Gasteiger partial charge >= 0.3 is 0 Å². The lowest BCUT2D eigenvalue weighted by atomic mass is 10.0. The zero-order valence-electron chi connectivity index (χ0n) is 16.4. The maximum atomic E-state index is 13.0. The van der Waals surface area contributed by atoms with Gasteiger partial charge in [-0.2, -0.15) is 5.10 Å². The highest BCUT2D eigenvalue weighted by molar-refractivity contribution is 7.85. The number of hydrogen-bond donors (Lipinski definition) is 0. The SMILES string of the molecule is CCS(=O)c1c(-c2nc3cc(C)ncc3o2)nn2c(C)c(C)c(C)c(C)c12. The molecule has 0 amide bonds.